The van der Waals surface area contributed by atoms with Gasteiger partial charge in [0, 0.05) is 17.4 Å². The molecule has 1 aromatic heterocycles. The Hall–Kier alpha value is -1.74. The van der Waals surface area contributed by atoms with Crippen molar-refractivity contribution in [2.24, 2.45) is 0 Å². The molecule has 0 aliphatic carbocycles. The van der Waals surface area contributed by atoms with Crippen molar-refractivity contribution in [2.45, 2.75) is 38.0 Å². The first kappa shape index (κ1) is 20.0. The van der Waals surface area contributed by atoms with Crippen LogP contribution in [-0.2, 0) is 0 Å². The predicted octanol–water partition coefficient (Wildman–Crippen LogP) is 5.10. The Bertz CT molecular complexity index is 838. The van der Waals surface area contributed by atoms with Crippen LogP contribution in [0.2, 0.25) is 5.02 Å². The van der Waals surface area contributed by atoms with Crippen LogP contribution < -0.4 is 10.6 Å². The number of anilines is 1. The van der Waals surface area contributed by atoms with Gasteiger partial charge in [-0.1, -0.05) is 46.6 Å². The van der Waals surface area contributed by atoms with Gasteiger partial charge in [-0.05, 0) is 24.1 Å². The molecule has 27 heavy (non-hydrogen) atoms. The number of rotatable bonds is 4. The molecule has 0 bridgehead atoms. The topological polar surface area (TPSA) is 59.0 Å². The van der Waals surface area contributed by atoms with Crippen molar-refractivity contribution in [1.82, 2.24) is 15.1 Å². The van der Waals surface area contributed by atoms with E-state index in [4.69, 9.17) is 11.6 Å². The van der Waals surface area contributed by atoms with E-state index in [0.29, 0.717) is 18.5 Å². The standard InChI is InChI=1S/C17H17BrClF3N4O/c1-2-7-23-16(27)14-13(19)15-24-11(9-3-5-10(18)6-4-9)8-12(17(20,21)22)26(15)25-14/h3-6,11-12,24H,2,7-8H2,1H3,(H,23,27)/t11-,12+/m0/s1. The second-order valence-corrected chi connectivity index (χ2v) is 7.55. The molecule has 1 aromatic carbocycles. The number of amides is 1. The summed E-state index contributed by atoms with van der Waals surface area (Å²) >= 11 is 9.54. The summed E-state index contributed by atoms with van der Waals surface area (Å²) in [6, 6.07) is 4.51. The number of halogens is 5. The average molecular weight is 466 g/mol. The molecular weight excluding hydrogens is 449 g/mol. The summed E-state index contributed by atoms with van der Waals surface area (Å²) in [5.41, 5.74) is 0.478. The van der Waals surface area contributed by atoms with E-state index in [0.717, 1.165) is 9.15 Å². The van der Waals surface area contributed by atoms with Crippen molar-refractivity contribution in [2.75, 3.05) is 11.9 Å². The summed E-state index contributed by atoms with van der Waals surface area (Å²) < 4.78 is 42.6. The first-order valence-corrected chi connectivity index (χ1v) is 9.54. The van der Waals surface area contributed by atoms with E-state index >= 15 is 0 Å². The second-order valence-electron chi connectivity index (χ2n) is 6.25. The SMILES string of the molecule is CCCNC(=O)c1nn2c(c1Cl)N[C@H](c1ccc(Br)cc1)C[C@@H]2C(F)(F)F. The lowest BCUT2D eigenvalue weighted by atomic mass is 9.97. The Balaban J connectivity index is 2.01. The van der Waals surface area contributed by atoms with Crippen molar-refractivity contribution in [3.8, 4) is 0 Å². The molecule has 1 amide bonds. The molecule has 2 N–H and O–H groups in total. The van der Waals surface area contributed by atoms with Gasteiger partial charge in [-0.2, -0.15) is 18.3 Å². The number of hydrogen-bond acceptors (Lipinski definition) is 3. The first-order chi connectivity index (χ1) is 12.7. The molecular formula is C17H17BrClF3N4O. The molecule has 146 valence electrons. The van der Waals surface area contributed by atoms with Crippen molar-refractivity contribution in [3.05, 3.63) is 45.0 Å². The molecule has 0 spiro atoms. The smallest absolute Gasteiger partial charge is 0.362 e. The number of alkyl halides is 3. The second kappa shape index (κ2) is 7.71. The minimum atomic E-state index is -4.53. The number of benzene rings is 1. The summed E-state index contributed by atoms with van der Waals surface area (Å²) in [5.74, 6) is -0.591. The lowest BCUT2D eigenvalue weighted by molar-refractivity contribution is -0.173. The predicted molar refractivity (Wildman–Crippen MR) is 100 cm³/mol. The number of hydrogen-bond donors (Lipinski definition) is 2. The number of fused-ring (bicyclic) bond motifs is 1. The molecule has 0 saturated carbocycles. The van der Waals surface area contributed by atoms with E-state index in [1.165, 1.54) is 0 Å². The van der Waals surface area contributed by atoms with Crippen LogP contribution in [0.25, 0.3) is 0 Å². The maximum Gasteiger partial charge on any atom is 0.410 e. The first-order valence-electron chi connectivity index (χ1n) is 8.37. The zero-order valence-electron chi connectivity index (χ0n) is 14.3. The lowest BCUT2D eigenvalue weighted by Gasteiger charge is -2.33. The lowest BCUT2D eigenvalue weighted by Crippen LogP contribution is -2.36. The fraction of sp³-hybridized carbons (Fsp3) is 0.412. The van der Waals surface area contributed by atoms with Crippen LogP contribution in [0.3, 0.4) is 0 Å². The Morgan fingerprint density at radius 2 is 2.07 bits per heavy atom. The third kappa shape index (κ3) is 4.08. The number of nitrogens with one attached hydrogen (secondary N) is 2. The Morgan fingerprint density at radius 3 is 2.67 bits per heavy atom. The van der Waals surface area contributed by atoms with E-state index in [2.05, 4.69) is 31.7 Å². The van der Waals surface area contributed by atoms with E-state index in [9.17, 15) is 18.0 Å². The third-order valence-electron chi connectivity index (χ3n) is 4.32. The third-order valence-corrected chi connectivity index (χ3v) is 5.21. The zero-order valence-corrected chi connectivity index (χ0v) is 16.6. The average Bonchev–Trinajstić information content (AvgIpc) is 2.95. The molecule has 0 unspecified atom stereocenters. The van der Waals surface area contributed by atoms with Gasteiger partial charge in [0.1, 0.15) is 10.8 Å². The van der Waals surface area contributed by atoms with Crippen molar-refractivity contribution >= 4 is 39.3 Å². The zero-order chi connectivity index (χ0) is 19.8. The molecule has 0 fully saturated rings. The van der Waals surface area contributed by atoms with Gasteiger partial charge in [0.05, 0.1) is 6.04 Å². The fourth-order valence-electron chi connectivity index (χ4n) is 2.97. The van der Waals surface area contributed by atoms with Crippen molar-refractivity contribution in [1.29, 1.82) is 0 Å². The van der Waals surface area contributed by atoms with Crippen LogP contribution in [0, 0.1) is 0 Å². The summed E-state index contributed by atoms with van der Waals surface area (Å²) in [6.07, 6.45) is -4.10. The van der Waals surface area contributed by atoms with Gasteiger partial charge in [0.25, 0.3) is 5.91 Å². The van der Waals surface area contributed by atoms with Gasteiger partial charge in [0.15, 0.2) is 11.7 Å². The van der Waals surface area contributed by atoms with Gasteiger partial charge in [-0.3, -0.25) is 4.79 Å². The molecule has 2 heterocycles. The van der Waals surface area contributed by atoms with Gasteiger partial charge in [0.2, 0.25) is 0 Å². The molecule has 5 nitrogen and oxygen atoms in total. The van der Waals surface area contributed by atoms with Crippen LogP contribution in [0.1, 0.15) is 47.9 Å². The highest BCUT2D eigenvalue weighted by atomic mass is 79.9. The van der Waals surface area contributed by atoms with E-state index < -0.39 is 24.2 Å². The van der Waals surface area contributed by atoms with Gasteiger partial charge >= 0.3 is 6.18 Å². The van der Waals surface area contributed by atoms with Crippen LogP contribution in [0.4, 0.5) is 19.0 Å². The van der Waals surface area contributed by atoms with Gasteiger partial charge in [-0.25, -0.2) is 4.68 Å². The highest BCUT2D eigenvalue weighted by molar-refractivity contribution is 9.10. The fourth-order valence-corrected chi connectivity index (χ4v) is 3.50. The van der Waals surface area contributed by atoms with Crippen LogP contribution >= 0.6 is 27.5 Å². The Kier molecular flexibility index (Phi) is 5.71. The van der Waals surface area contributed by atoms with E-state index in [1.54, 1.807) is 24.3 Å². The molecule has 3 rings (SSSR count). The van der Waals surface area contributed by atoms with Crippen molar-refractivity contribution < 1.29 is 18.0 Å². The molecule has 1 aliphatic rings. The van der Waals surface area contributed by atoms with E-state index in [1.807, 2.05) is 6.92 Å². The highest BCUT2D eigenvalue weighted by Gasteiger charge is 2.47. The van der Waals surface area contributed by atoms with Crippen LogP contribution in [0.5, 0.6) is 0 Å². The highest BCUT2D eigenvalue weighted by Crippen LogP contribution is 2.46. The number of aromatic nitrogens is 2. The maximum atomic E-state index is 13.7. The summed E-state index contributed by atoms with van der Waals surface area (Å²) in [7, 11) is 0. The maximum absolute atomic E-state index is 13.7. The molecule has 0 saturated heterocycles. The Morgan fingerprint density at radius 1 is 1.41 bits per heavy atom. The monoisotopic (exact) mass is 464 g/mol. The Labute approximate surface area is 167 Å². The number of carbonyl (C=O) groups is 1. The minimum Gasteiger partial charge on any atom is -0.362 e. The number of nitrogens with zero attached hydrogens (tertiary/aromatic N) is 2. The van der Waals surface area contributed by atoms with Crippen molar-refractivity contribution in [3.63, 3.8) is 0 Å². The van der Waals surface area contributed by atoms with Gasteiger partial charge in [-0.15, -0.1) is 0 Å². The van der Waals surface area contributed by atoms with Crippen LogP contribution in [-0.4, -0.2) is 28.4 Å². The minimum absolute atomic E-state index is 0.000177. The largest absolute Gasteiger partial charge is 0.410 e. The molecule has 2 atom stereocenters. The molecule has 0 radical (unpaired) electrons. The summed E-state index contributed by atoms with van der Waals surface area (Å²) in [5, 5.41) is 9.36. The quantitative estimate of drug-likeness (QED) is 0.660. The summed E-state index contributed by atoms with van der Waals surface area (Å²) in [6.45, 7) is 2.25. The number of carbonyl (C=O) groups excluding carboxylic acids is 1. The van der Waals surface area contributed by atoms with Crippen LogP contribution in [0.15, 0.2) is 28.7 Å². The van der Waals surface area contributed by atoms with E-state index in [-0.39, 0.29) is 23.0 Å². The van der Waals surface area contributed by atoms with Gasteiger partial charge < -0.3 is 10.6 Å². The normalized spacial score (nSPS) is 19.3. The molecule has 10 heteroatoms. The molecule has 1 aliphatic heterocycles. The summed E-state index contributed by atoms with van der Waals surface area (Å²) in [4.78, 5) is 12.2. The molecule has 2 aromatic rings.